The first-order chi connectivity index (χ1) is 22.5. The molecular formula is C37H42BrN3O5S. The number of carbonyl (C=O) groups excluding carboxylic acids is 2. The van der Waals surface area contributed by atoms with Crippen LogP contribution < -0.4 is 14.4 Å². The van der Waals surface area contributed by atoms with Crippen LogP contribution in [0.1, 0.15) is 37.5 Å². The molecule has 248 valence electrons. The minimum Gasteiger partial charge on any atom is -0.494 e. The van der Waals surface area contributed by atoms with E-state index in [1.807, 2.05) is 82.3 Å². The first kappa shape index (κ1) is 35.7. The maximum Gasteiger partial charge on any atom is 0.264 e. The van der Waals surface area contributed by atoms with Crippen molar-refractivity contribution < 1.29 is 22.7 Å². The summed E-state index contributed by atoms with van der Waals surface area (Å²) in [5, 5.41) is 3.02. The third kappa shape index (κ3) is 9.92. The number of nitrogens with zero attached hydrogens (tertiary/aromatic N) is 2. The summed E-state index contributed by atoms with van der Waals surface area (Å²) in [5.41, 5.74) is 3.01. The molecule has 4 aromatic carbocycles. The van der Waals surface area contributed by atoms with Crippen LogP contribution in [-0.2, 0) is 32.6 Å². The van der Waals surface area contributed by atoms with Gasteiger partial charge in [-0.2, -0.15) is 0 Å². The van der Waals surface area contributed by atoms with Crippen LogP contribution in [0.25, 0.3) is 0 Å². The van der Waals surface area contributed by atoms with Gasteiger partial charge in [-0.25, -0.2) is 8.42 Å². The van der Waals surface area contributed by atoms with Crippen LogP contribution in [-0.4, -0.2) is 50.9 Å². The Kier molecular flexibility index (Phi) is 12.6. The summed E-state index contributed by atoms with van der Waals surface area (Å²) >= 11 is 3.37. The standard InChI is InChI=1S/C37H42BrN3O5S/c1-5-46-33-18-16-32(17-19-33)41(47(44,45)34-20-14-31(38)15-21-34)26-36(42)40(25-30-13-9-10-28(4)22-30)35(37(43)39-24-27(2)3)23-29-11-7-6-8-12-29/h6-22,27,35H,5,23-26H2,1-4H3,(H,39,43)/t35-/m1/s1. The molecule has 2 amide bonds. The van der Waals surface area contributed by atoms with Gasteiger partial charge in [-0.1, -0.05) is 89.9 Å². The van der Waals surface area contributed by atoms with Crippen molar-refractivity contribution in [2.75, 3.05) is 24.0 Å². The molecule has 10 heteroatoms. The fourth-order valence-corrected chi connectivity index (χ4v) is 6.80. The quantitative estimate of drug-likeness (QED) is 0.147. The van der Waals surface area contributed by atoms with Crippen molar-refractivity contribution >= 4 is 43.5 Å². The van der Waals surface area contributed by atoms with Crippen molar-refractivity contribution in [3.63, 3.8) is 0 Å². The fourth-order valence-electron chi connectivity index (χ4n) is 5.12. The maximum absolute atomic E-state index is 14.6. The van der Waals surface area contributed by atoms with Crippen LogP contribution in [0.15, 0.2) is 112 Å². The smallest absolute Gasteiger partial charge is 0.264 e. The van der Waals surface area contributed by atoms with Crippen LogP contribution in [0, 0.1) is 12.8 Å². The SMILES string of the molecule is CCOc1ccc(N(CC(=O)N(Cc2cccc(C)c2)[C@H](Cc2ccccc2)C(=O)NCC(C)C)S(=O)(=O)c2ccc(Br)cc2)cc1. The first-order valence-corrected chi connectivity index (χ1v) is 17.9. The van der Waals surface area contributed by atoms with Crippen molar-refractivity contribution in [2.24, 2.45) is 5.92 Å². The van der Waals surface area contributed by atoms with Crippen LogP contribution >= 0.6 is 15.9 Å². The number of halogens is 1. The predicted octanol–water partition coefficient (Wildman–Crippen LogP) is 6.76. The topological polar surface area (TPSA) is 96.0 Å². The molecule has 0 saturated heterocycles. The van der Waals surface area contributed by atoms with Crippen molar-refractivity contribution in [1.29, 1.82) is 0 Å². The predicted molar refractivity (Wildman–Crippen MR) is 190 cm³/mol. The summed E-state index contributed by atoms with van der Waals surface area (Å²) in [6.45, 7) is 8.31. The summed E-state index contributed by atoms with van der Waals surface area (Å²) in [6, 6.07) is 29.2. The van der Waals surface area contributed by atoms with Gasteiger partial charge in [-0.3, -0.25) is 13.9 Å². The molecule has 4 aromatic rings. The molecule has 0 spiro atoms. The zero-order valence-electron chi connectivity index (χ0n) is 27.2. The van der Waals surface area contributed by atoms with Crippen molar-refractivity contribution in [3.05, 3.63) is 124 Å². The van der Waals surface area contributed by atoms with E-state index in [1.165, 1.54) is 17.0 Å². The lowest BCUT2D eigenvalue weighted by Crippen LogP contribution is -2.53. The molecule has 0 aliphatic carbocycles. The number of nitrogens with one attached hydrogen (secondary N) is 1. The Balaban J connectivity index is 1.80. The van der Waals surface area contributed by atoms with E-state index in [-0.39, 0.29) is 29.7 Å². The molecular weight excluding hydrogens is 678 g/mol. The fraction of sp³-hybridized carbons (Fsp3) is 0.297. The molecule has 0 aliphatic heterocycles. The number of ether oxygens (including phenoxy) is 1. The number of amides is 2. The lowest BCUT2D eigenvalue weighted by Gasteiger charge is -2.34. The van der Waals surface area contributed by atoms with Gasteiger partial charge in [0.25, 0.3) is 10.0 Å². The second-order valence-corrected chi connectivity index (χ2v) is 14.5. The number of aryl methyl sites for hydroxylation is 1. The number of hydrogen-bond acceptors (Lipinski definition) is 5. The highest BCUT2D eigenvalue weighted by Gasteiger charge is 2.34. The number of benzene rings is 4. The van der Waals surface area contributed by atoms with E-state index in [0.29, 0.717) is 24.6 Å². The summed E-state index contributed by atoms with van der Waals surface area (Å²) < 4.78 is 35.8. The van der Waals surface area contributed by atoms with Crippen molar-refractivity contribution in [1.82, 2.24) is 10.2 Å². The highest BCUT2D eigenvalue weighted by Crippen LogP contribution is 2.28. The minimum atomic E-state index is -4.21. The molecule has 0 aromatic heterocycles. The molecule has 0 bridgehead atoms. The number of rotatable bonds is 15. The number of anilines is 1. The second-order valence-electron chi connectivity index (χ2n) is 11.7. The zero-order valence-corrected chi connectivity index (χ0v) is 29.6. The van der Waals surface area contributed by atoms with Gasteiger partial charge in [-0.05, 0) is 79.4 Å². The minimum absolute atomic E-state index is 0.0307. The molecule has 47 heavy (non-hydrogen) atoms. The number of carbonyl (C=O) groups is 2. The van der Waals surface area contributed by atoms with E-state index in [1.54, 1.807) is 36.4 Å². The third-order valence-electron chi connectivity index (χ3n) is 7.51. The van der Waals surface area contributed by atoms with E-state index in [2.05, 4.69) is 21.2 Å². The molecule has 0 fully saturated rings. The van der Waals surface area contributed by atoms with E-state index in [4.69, 9.17) is 4.74 Å². The summed E-state index contributed by atoms with van der Waals surface area (Å²) in [5.74, 6) is -0.0357. The van der Waals surface area contributed by atoms with E-state index in [0.717, 1.165) is 25.5 Å². The van der Waals surface area contributed by atoms with Gasteiger partial charge in [0, 0.05) is 24.0 Å². The molecule has 1 N–H and O–H groups in total. The molecule has 1 atom stereocenters. The van der Waals surface area contributed by atoms with Crippen LogP contribution in [0.2, 0.25) is 0 Å². The Morgan fingerprint density at radius 1 is 0.872 bits per heavy atom. The Labute approximate surface area is 286 Å². The average molecular weight is 721 g/mol. The van der Waals surface area contributed by atoms with Gasteiger partial charge in [0.1, 0.15) is 18.3 Å². The van der Waals surface area contributed by atoms with Gasteiger partial charge >= 0.3 is 0 Å². The van der Waals surface area contributed by atoms with E-state index >= 15 is 0 Å². The van der Waals surface area contributed by atoms with Gasteiger partial charge < -0.3 is 15.0 Å². The molecule has 8 nitrogen and oxygen atoms in total. The Morgan fingerprint density at radius 2 is 1.53 bits per heavy atom. The Bertz CT molecular complexity index is 1730. The summed E-state index contributed by atoms with van der Waals surface area (Å²) in [6.07, 6.45) is 0.255. The largest absolute Gasteiger partial charge is 0.494 e. The van der Waals surface area contributed by atoms with Crippen LogP contribution in [0.4, 0.5) is 5.69 Å². The maximum atomic E-state index is 14.6. The van der Waals surface area contributed by atoms with Gasteiger partial charge in [0.15, 0.2) is 0 Å². The number of hydrogen-bond donors (Lipinski definition) is 1. The molecule has 0 saturated carbocycles. The molecule has 0 aliphatic rings. The van der Waals surface area contributed by atoms with Gasteiger partial charge in [0.05, 0.1) is 17.2 Å². The zero-order chi connectivity index (χ0) is 34.0. The molecule has 0 unspecified atom stereocenters. The lowest BCUT2D eigenvalue weighted by atomic mass is 10.0. The first-order valence-electron chi connectivity index (χ1n) is 15.7. The Hall–Kier alpha value is -4.15. The summed E-state index contributed by atoms with van der Waals surface area (Å²) in [7, 11) is -4.21. The van der Waals surface area contributed by atoms with E-state index < -0.39 is 28.5 Å². The number of sulfonamides is 1. The summed E-state index contributed by atoms with van der Waals surface area (Å²) in [4.78, 5) is 30.0. The third-order valence-corrected chi connectivity index (χ3v) is 9.82. The molecule has 0 heterocycles. The monoisotopic (exact) mass is 719 g/mol. The normalized spacial score (nSPS) is 12.0. The second kappa shape index (κ2) is 16.6. The van der Waals surface area contributed by atoms with Crippen LogP contribution in [0.5, 0.6) is 5.75 Å². The highest BCUT2D eigenvalue weighted by molar-refractivity contribution is 9.10. The highest BCUT2D eigenvalue weighted by atomic mass is 79.9. The van der Waals surface area contributed by atoms with Crippen molar-refractivity contribution in [2.45, 2.75) is 51.6 Å². The van der Waals surface area contributed by atoms with Gasteiger partial charge in [0.2, 0.25) is 11.8 Å². The molecule has 4 rings (SSSR count). The molecule has 0 radical (unpaired) electrons. The van der Waals surface area contributed by atoms with Gasteiger partial charge in [-0.15, -0.1) is 0 Å². The van der Waals surface area contributed by atoms with Crippen molar-refractivity contribution in [3.8, 4) is 5.75 Å². The Morgan fingerprint density at radius 3 is 2.15 bits per heavy atom. The van der Waals surface area contributed by atoms with Crippen LogP contribution in [0.3, 0.4) is 0 Å². The van der Waals surface area contributed by atoms with E-state index in [9.17, 15) is 18.0 Å². The average Bonchev–Trinajstić information content (AvgIpc) is 3.05. The lowest BCUT2D eigenvalue weighted by molar-refractivity contribution is -0.140.